The molecule has 2 unspecified atom stereocenters. The maximum Gasteiger partial charge on any atom is 0.253 e. The predicted molar refractivity (Wildman–Crippen MR) is 63.4 cm³/mol. The topological polar surface area (TPSA) is 55.1 Å². The van der Waals surface area contributed by atoms with Crippen LogP contribution in [0.1, 0.15) is 31.8 Å². The van der Waals surface area contributed by atoms with E-state index in [2.05, 4.69) is 4.98 Å². The van der Waals surface area contributed by atoms with Crippen molar-refractivity contribution in [2.75, 3.05) is 0 Å². The number of aliphatic hydroxyl groups excluding tert-OH is 1. The number of aromatic nitrogens is 2. The average Bonchev–Trinajstić information content (AvgIpc) is 2.21. The van der Waals surface area contributed by atoms with Crippen molar-refractivity contribution < 1.29 is 5.11 Å². The summed E-state index contributed by atoms with van der Waals surface area (Å²) in [5.41, 5.74) is 0.629. The van der Waals surface area contributed by atoms with Crippen LogP contribution in [-0.4, -0.2) is 20.8 Å². The first-order chi connectivity index (χ1) is 7.45. The molecular weight excluding hydrogens is 204 g/mol. The zero-order chi connectivity index (χ0) is 12.3. The molecule has 0 saturated carbocycles. The lowest BCUT2D eigenvalue weighted by atomic mass is 10.0. The van der Waals surface area contributed by atoms with Crippen molar-refractivity contribution in [3.63, 3.8) is 0 Å². The van der Waals surface area contributed by atoms with Gasteiger partial charge in [-0.05, 0) is 19.8 Å². The summed E-state index contributed by atoms with van der Waals surface area (Å²) in [6.07, 6.45) is 0.403. The quantitative estimate of drug-likeness (QED) is 0.838. The third-order valence-corrected chi connectivity index (χ3v) is 3.00. The molecular formula is C12H20N2O2. The van der Waals surface area contributed by atoms with Crippen molar-refractivity contribution in [1.29, 1.82) is 0 Å². The largest absolute Gasteiger partial charge is 0.391 e. The van der Waals surface area contributed by atoms with E-state index in [9.17, 15) is 9.90 Å². The molecule has 0 aliphatic heterocycles. The van der Waals surface area contributed by atoms with E-state index in [4.69, 9.17) is 0 Å². The third-order valence-electron chi connectivity index (χ3n) is 3.00. The molecule has 16 heavy (non-hydrogen) atoms. The van der Waals surface area contributed by atoms with Crippen LogP contribution in [0.2, 0.25) is 0 Å². The van der Waals surface area contributed by atoms with Crippen molar-refractivity contribution in [3.8, 4) is 0 Å². The van der Waals surface area contributed by atoms with Crippen molar-refractivity contribution in [2.24, 2.45) is 5.92 Å². The molecule has 0 aliphatic rings. The summed E-state index contributed by atoms with van der Waals surface area (Å²) < 4.78 is 1.53. The van der Waals surface area contributed by atoms with Crippen LogP contribution in [-0.2, 0) is 6.54 Å². The molecule has 0 radical (unpaired) electrons. The Morgan fingerprint density at radius 3 is 2.62 bits per heavy atom. The van der Waals surface area contributed by atoms with Gasteiger partial charge in [0, 0.05) is 11.8 Å². The van der Waals surface area contributed by atoms with Gasteiger partial charge in [-0.15, -0.1) is 0 Å². The molecule has 0 aromatic carbocycles. The minimum Gasteiger partial charge on any atom is -0.391 e. The smallest absolute Gasteiger partial charge is 0.253 e. The Bertz CT molecular complexity index is 412. The Morgan fingerprint density at radius 1 is 1.50 bits per heavy atom. The van der Waals surface area contributed by atoms with E-state index in [1.165, 1.54) is 10.6 Å². The molecule has 90 valence electrons. The van der Waals surface area contributed by atoms with Gasteiger partial charge in [0.25, 0.3) is 5.56 Å². The van der Waals surface area contributed by atoms with Crippen LogP contribution in [0.25, 0.3) is 0 Å². The van der Waals surface area contributed by atoms with Crippen molar-refractivity contribution in [1.82, 2.24) is 9.55 Å². The normalized spacial score (nSPS) is 14.8. The molecule has 0 fully saturated rings. The number of nitrogens with zero attached hydrogens (tertiary/aromatic N) is 2. The first-order valence-electron chi connectivity index (χ1n) is 5.68. The maximum atomic E-state index is 11.7. The van der Waals surface area contributed by atoms with E-state index in [0.717, 1.165) is 12.1 Å². The van der Waals surface area contributed by atoms with Gasteiger partial charge in [-0.25, -0.2) is 4.98 Å². The molecule has 0 saturated heterocycles. The molecule has 0 bridgehead atoms. The second-order valence-corrected chi connectivity index (χ2v) is 4.35. The van der Waals surface area contributed by atoms with Gasteiger partial charge in [0.15, 0.2) is 0 Å². The summed E-state index contributed by atoms with van der Waals surface area (Å²) in [7, 11) is 0. The Balaban J connectivity index is 2.94. The first-order valence-corrected chi connectivity index (χ1v) is 5.68. The summed E-state index contributed by atoms with van der Waals surface area (Å²) in [6, 6.07) is 1.50. The lowest BCUT2D eigenvalue weighted by Gasteiger charge is -2.19. The van der Waals surface area contributed by atoms with Crippen molar-refractivity contribution in [2.45, 2.75) is 46.8 Å². The van der Waals surface area contributed by atoms with E-state index in [1.807, 2.05) is 13.8 Å². The SMILES string of the molecule is CCC(C)C(O)Cn1c(C)nc(C)cc1=O. The van der Waals surface area contributed by atoms with E-state index in [-0.39, 0.29) is 11.5 Å². The van der Waals surface area contributed by atoms with Crippen LogP contribution < -0.4 is 5.56 Å². The fourth-order valence-corrected chi connectivity index (χ4v) is 1.63. The molecule has 0 aliphatic carbocycles. The first kappa shape index (κ1) is 12.9. The van der Waals surface area contributed by atoms with E-state index >= 15 is 0 Å². The average molecular weight is 224 g/mol. The number of hydrogen-bond acceptors (Lipinski definition) is 3. The van der Waals surface area contributed by atoms with Crippen LogP contribution in [0.3, 0.4) is 0 Å². The van der Waals surface area contributed by atoms with Crippen LogP contribution >= 0.6 is 0 Å². The molecule has 1 N–H and O–H groups in total. The maximum absolute atomic E-state index is 11.7. The molecule has 4 heteroatoms. The summed E-state index contributed by atoms with van der Waals surface area (Å²) >= 11 is 0. The van der Waals surface area contributed by atoms with Crippen LogP contribution in [0.15, 0.2) is 10.9 Å². The summed E-state index contributed by atoms with van der Waals surface area (Å²) in [4.78, 5) is 15.9. The summed E-state index contributed by atoms with van der Waals surface area (Å²) in [5.74, 6) is 0.847. The minimum atomic E-state index is -0.495. The van der Waals surface area contributed by atoms with Crippen molar-refractivity contribution >= 4 is 0 Å². The Labute approximate surface area is 96.0 Å². The van der Waals surface area contributed by atoms with Crippen molar-refractivity contribution in [3.05, 3.63) is 27.9 Å². The molecule has 0 amide bonds. The van der Waals surface area contributed by atoms with Gasteiger partial charge in [-0.3, -0.25) is 9.36 Å². The Hall–Kier alpha value is -1.16. The number of aliphatic hydroxyl groups is 1. The van der Waals surface area contributed by atoms with E-state index in [0.29, 0.717) is 12.4 Å². The van der Waals surface area contributed by atoms with Gasteiger partial charge in [0.1, 0.15) is 5.82 Å². The highest BCUT2D eigenvalue weighted by Gasteiger charge is 2.14. The van der Waals surface area contributed by atoms with Gasteiger partial charge in [-0.2, -0.15) is 0 Å². The molecule has 2 atom stereocenters. The molecule has 1 rings (SSSR count). The van der Waals surface area contributed by atoms with Gasteiger partial charge >= 0.3 is 0 Å². The fraction of sp³-hybridized carbons (Fsp3) is 0.667. The van der Waals surface area contributed by atoms with Gasteiger partial charge < -0.3 is 5.11 Å². The van der Waals surface area contributed by atoms with Crippen LogP contribution in [0, 0.1) is 19.8 Å². The van der Waals surface area contributed by atoms with Gasteiger partial charge in [-0.1, -0.05) is 20.3 Å². The minimum absolute atomic E-state index is 0.0904. The molecule has 1 heterocycles. The highest BCUT2D eigenvalue weighted by Crippen LogP contribution is 2.09. The predicted octanol–water partition coefficient (Wildman–Crippen LogP) is 1.27. The fourth-order valence-electron chi connectivity index (χ4n) is 1.63. The van der Waals surface area contributed by atoms with Crippen LogP contribution in [0.4, 0.5) is 0 Å². The lowest BCUT2D eigenvalue weighted by molar-refractivity contribution is 0.0944. The summed E-state index contributed by atoms with van der Waals surface area (Å²) in [5, 5.41) is 9.90. The summed E-state index contributed by atoms with van der Waals surface area (Å²) in [6.45, 7) is 7.91. The lowest BCUT2D eigenvalue weighted by Crippen LogP contribution is -2.32. The standard InChI is InChI=1S/C12H20N2O2/c1-5-8(2)11(15)7-14-10(4)13-9(3)6-12(14)16/h6,8,11,15H,5,7H2,1-4H3. The van der Waals surface area contributed by atoms with E-state index in [1.54, 1.807) is 13.8 Å². The molecule has 1 aromatic heterocycles. The third kappa shape index (κ3) is 2.92. The number of aryl methyl sites for hydroxylation is 2. The molecule has 1 aromatic rings. The zero-order valence-corrected chi connectivity index (χ0v) is 10.4. The van der Waals surface area contributed by atoms with Gasteiger partial charge in [0.05, 0.1) is 12.6 Å². The highest BCUT2D eigenvalue weighted by atomic mass is 16.3. The monoisotopic (exact) mass is 224 g/mol. The second kappa shape index (κ2) is 5.25. The highest BCUT2D eigenvalue weighted by molar-refractivity contribution is 5.01. The molecule has 0 spiro atoms. The molecule has 4 nitrogen and oxygen atoms in total. The Kier molecular flexibility index (Phi) is 4.24. The van der Waals surface area contributed by atoms with Crippen LogP contribution in [0.5, 0.6) is 0 Å². The van der Waals surface area contributed by atoms with E-state index < -0.39 is 6.10 Å². The number of rotatable bonds is 4. The second-order valence-electron chi connectivity index (χ2n) is 4.35. The number of hydrogen-bond donors (Lipinski definition) is 1. The zero-order valence-electron chi connectivity index (χ0n) is 10.4. The Morgan fingerprint density at radius 2 is 2.12 bits per heavy atom. The van der Waals surface area contributed by atoms with Gasteiger partial charge in [0.2, 0.25) is 0 Å².